The van der Waals surface area contributed by atoms with Crippen molar-refractivity contribution in [3.63, 3.8) is 0 Å². The van der Waals surface area contributed by atoms with Crippen molar-refractivity contribution >= 4 is 46.5 Å². The number of rotatable bonds is 3. The molecule has 1 aromatic heterocycles. The van der Waals surface area contributed by atoms with Gasteiger partial charge in [-0.25, -0.2) is 4.90 Å². The number of benzene rings is 1. The maximum Gasteiger partial charge on any atom is 0.308 e. The molecule has 2 aromatic rings. The molecule has 3 aliphatic heterocycles. The van der Waals surface area contributed by atoms with E-state index in [1.54, 1.807) is 29.2 Å². The lowest BCUT2D eigenvalue weighted by atomic mass is 9.76. The van der Waals surface area contributed by atoms with Gasteiger partial charge in [-0.3, -0.25) is 23.7 Å². The van der Waals surface area contributed by atoms with Gasteiger partial charge in [0.15, 0.2) is 0 Å². The number of imide groups is 1. The minimum Gasteiger partial charge on any atom is -0.378 e. The summed E-state index contributed by atoms with van der Waals surface area (Å²) in [5.41, 5.74) is -0.157. The minimum atomic E-state index is -0.710. The van der Waals surface area contributed by atoms with Crippen LogP contribution in [0, 0.1) is 5.92 Å². The highest BCUT2D eigenvalue weighted by Gasteiger charge is 2.59. The van der Waals surface area contributed by atoms with Crippen LogP contribution in [0.15, 0.2) is 40.2 Å². The molecule has 2 atom stereocenters. The van der Waals surface area contributed by atoms with E-state index in [-0.39, 0.29) is 29.1 Å². The van der Waals surface area contributed by atoms with Crippen LogP contribution in [0.25, 0.3) is 0 Å². The van der Waals surface area contributed by atoms with Crippen molar-refractivity contribution < 1.29 is 19.1 Å². The van der Waals surface area contributed by atoms with E-state index < -0.39 is 16.6 Å². The van der Waals surface area contributed by atoms with Crippen LogP contribution >= 0.6 is 23.1 Å². The SMILES string of the molecule is CC1(C)c2sc(=O)n(CC(=O)N3CCOCC3)c2S[C@@H]2C(=O)N(c3ccccc3)C(=O)[C@@H]21. The first kappa shape index (κ1) is 21.4. The number of morpholine rings is 1. The summed E-state index contributed by atoms with van der Waals surface area (Å²) in [5, 5.41) is -0.00661. The number of carbonyl (C=O) groups excluding carboxylic acids is 3. The second-order valence-electron chi connectivity index (χ2n) is 8.67. The van der Waals surface area contributed by atoms with Crippen molar-refractivity contribution in [1.82, 2.24) is 9.47 Å². The molecule has 8 nitrogen and oxygen atoms in total. The lowest BCUT2D eigenvalue weighted by Gasteiger charge is -2.36. The first-order valence-electron chi connectivity index (χ1n) is 10.5. The fourth-order valence-electron chi connectivity index (χ4n) is 4.65. The summed E-state index contributed by atoms with van der Waals surface area (Å²) in [4.78, 5) is 55.9. The number of nitrogens with zero attached hydrogens (tertiary/aromatic N) is 3. The van der Waals surface area contributed by atoms with Crippen molar-refractivity contribution in [2.45, 2.75) is 36.1 Å². The van der Waals surface area contributed by atoms with Crippen molar-refractivity contribution in [3.05, 3.63) is 44.9 Å². The fraction of sp³-hybridized carbons (Fsp3) is 0.455. The molecule has 5 rings (SSSR count). The molecule has 0 saturated carbocycles. The summed E-state index contributed by atoms with van der Waals surface area (Å²) in [6, 6.07) is 8.92. The number of fused-ring (bicyclic) bond motifs is 2. The van der Waals surface area contributed by atoms with Crippen molar-refractivity contribution in [1.29, 1.82) is 0 Å². The summed E-state index contributed by atoms with van der Waals surface area (Å²) in [6.07, 6.45) is 0. The van der Waals surface area contributed by atoms with E-state index >= 15 is 0 Å². The summed E-state index contributed by atoms with van der Waals surface area (Å²) in [5.74, 6) is -1.24. The van der Waals surface area contributed by atoms with Gasteiger partial charge in [0, 0.05) is 23.4 Å². The lowest BCUT2D eigenvalue weighted by molar-refractivity contribution is -0.136. The van der Waals surface area contributed by atoms with Crippen LogP contribution < -0.4 is 9.77 Å². The average Bonchev–Trinajstić information content (AvgIpc) is 3.24. The molecular formula is C22H23N3O5S2. The molecule has 0 aliphatic carbocycles. The fourth-order valence-corrected chi connectivity index (χ4v) is 7.69. The van der Waals surface area contributed by atoms with E-state index in [4.69, 9.17) is 4.74 Å². The molecule has 0 N–H and O–H groups in total. The predicted octanol–water partition coefficient (Wildman–Crippen LogP) is 1.71. The average molecular weight is 474 g/mol. The van der Waals surface area contributed by atoms with Gasteiger partial charge < -0.3 is 9.64 Å². The van der Waals surface area contributed by atoms with Crippen LogP contribution in [-0.4, -0.2) is 58.7 Å². The van der Waals surface area contributed by atoms with E-state index in [1.165, 1.54) is 21.2 Å². The zero-order chi connectivity index (χ0) is 22.6. The highest BCUT2D eigenvalue weighted by Crippen LogP contribution is 2.54. The van der Waals surface area contributed by atoms with E-state index in [9.17, 15) is 19.2 Å². The Kier molecular flexibility index (Phi) is 5.26. The zero-order valence-electron chi connectivity index (χ0n) is 17.8. The third-order valence-electron chi connectivity index (χ3n) is 6.38. The van der Waals surface area contributed by atoms with Crippen molar-refractivity contribution in [3.8, 4) is 0 Å². The number of hydrogen-bond donors (Lipinski definition) is 0. The number of ether oxygens (including phenoxy) is 1. The Morgan fingerprint density at radius 1 is 1.09 bits per heavy atom. The molecular weight excluding hydrogens is 450 g/mol. The number of thioether (sulfide) groups is 1. The van der Waals surface area contributed by atoms with E-state index in [1.807, 2.05) is 19.9 Å². The molecule has 0 bridgehead atoms. The van der Waals surface area contributed by atoms with Gasteiger partial charge >= 0.3 is 4.87 Å². The molecule has 2 saturated heterocycles. The number of aromatic nitrogens is 1. The maximum atomic E-state index is 13.4. The largest absolute Gasteiger partial charge is 0.378 e. The molecule has 0 unspecified atom stereocenters. The van der Waals surface area contributed by atoms with Gasteiger partial charge in [0.1, 0.15) is 11.8 Å². The highest BCUT2D eigenvalue weighted by atomic mass is 32.2. The Morgan fingerprint density at radius 2 is 1.78 bits per heavy atom. The topological polar surface area (TPSA) is 88.9 Å². The monoisotopic (exact) mass is 473 g/mol. The molecule has 2 fully saturated rings. The highest BCUT2D eigenvalue weighted by molar-refractivity contribution is 8.00. The Labute approximate surface area is 193 Å². The second kappa shape index (κ2) is 7.86. The number of anilines is 1. The second-order valence-corrected chi connectivity index (χ2v) is 10.8. The predicted molar refractivity (Wildman–Crippen MR) is 121 cm³/mol. The van der Waals surface area contributed by atoms with E-state index in [0.29, 0.717) is 37.0 Å². The molecule has 0 spiro atoms. The Hall–Kier alpha value is -2.43. The standard InChI is InChI=1S/C22H23N3O5S2/c1-22(2)15-16(19(28)25(18(15)27)13-6-4-3-5-7-13)31-20-17(22)32-21(29)24(20)12-14(26)23-8-10-30-11-9-23/h3-7,15-16H,8-12H2,1-2H3/t15-,16+/m1/s1. The maximum absolute atomic E-state index is 13.4. The summed E-state index contributed by atoms with van der Waals surface area (Å²) < 4.78 is 6.78. The molecule has 10 heteroatoms. The third kappa shape index (κ3) is 3.23. The molecule has 3 amide bonds. The van der Waals surface area contributed by atoms with Crippen molar-refractivity contribution in [2.24, 2.45) is 5.92 Å². The van der Waals surface area contributed by atoms with Gasteiger partial charge in [-0.15, -0.1) is 0 Å². The number of hydrogen-bond acceptors (Lipinski definition) is 7. The minimum absolute atomic E-state index is 0.0737. The summed E-state index contributed by atoms with van der Waals surface area (Å²) in [6.45, 7) is 5.72. The van der Waals surface area contributed by atoms with Gasteiger partial charge in [0.25, 0.3) is 0 Å². The Balaban J connectivity index is 1.50. The molecule has 4 heterocycles. The van der Waals surface area contributed by atoms with Crippen LogP contribution in [0.2, 0.25) is 0 Å². The summed E-state index contributed by atoms with van der Waals surface area (Å²) in [7, 11) is 0. The molecule has 1 aromatic carbocycles. The summed E-state index contributed by atoms with van der Waals surface area (Å²) >= 11 is 2.31. The van der Waals surface area contributed by atoms with Gasteiger partial charge in [0.2, 0.25) is 17.7 Å². The van der Waals surface area contributed by atoms with E-state index in [2.05, 4.69) is 0 Å². The van der Waals surface area contributed by atoms with Gasteiger partial charge in [-0.1, -0.05) is 55.1 Å². The molecule has 0 radical (unpaired) electrons. The molecule has 3 aliphatic rings. The Morgan fingerprint density at radius 3 is 2.47 bits per heavy atom. The zero-order valence-corrected chi connectivity index (χ0v) is 19.4. The normalized spacial score (nSPS) is 24.4. The molecule has 168 valence electrons. The number of thiazole rings is 1. The van der Waals surface area contributed by atoms with Crippen LogP contribution in [0.3, 0.4) is 0 Å². The number of amides is 3. The number of para-hydroxylation sites is 1. The van der Waals surface area contributed by atoms with Gasteiger partial charge in [-0.2, -0.15) is 0 Å². The number of carbonyl (C=O) groups is 3. The lowest BCUT2D eigenvalue weighted by Crippen LogP contribution is -2.44. The first-order valence-corrected chi connectivity index (χ1v) is 12.2. The smallest absolute Gasteiger partial charge is 0.308 e. The van der Waals surface area contributed by atoms with Crippen LogP contribution in [-0.2, 0) is 31.1 Å². The van der Waals surface area contributed by atoms with Crippen LogP contribution in [0.1, 0.15) is 18.7 Å². The van der Waals surface area contributed by atoms with Crippen LogP contribution in [0.4, 0.5) is 5.69 Å². The Bertz CT molecular complexity index is 1150. The van der Waals surface area contributed by atoms with Crippen molar-refractivity contribution in [2.75, 3.05) is 31.2 Å². The molecule has 32 heavy (non-hydrogen) atoms. The van der Waals surface area contributed by atoms with E-state index in [0.717, 1.165) is 16.2 Å². The third-order valence-corrected chi connectivity index (χ3v) is 9.20. The van der Waals surface area contributed by atoms with Crippen LogP contribution in [0.5, 0.6) is 0 Å². The van der Waals surface area contributed by atoms with Gasteiger partial charge in [0.05, 0.1) is 29.8 Å². The van der Waals surface area contributed by atoms with Gasteiger partial charge in [-0.05, 0) is 12.1 Å². The first-order chi connectivity index (χ1) is 15.3. The quantitative estimate of drug-likeness (QED) is 0.631.